The molecule has 0 unspecified atom stereocenters. The lowest BCUT2D eigenvalue weighted by molar-refractivity contribution is -0.0226. The Balaban J connectivity index is 2.42. The number of aliphatic hydroxyl groups is 1. The molecule has 1 aromatic heterocycles. The number of aliphatic hydroxyl groups excluding tert-OH is 1. The first-order valence-corrected chi connectivity index (χ1v) is 9.44. The highest BCUT2D eigenvalue weighted by Gasteiger charge is 2.45. The maximum Gasteiger partial charge on any atom is 0.330 e. The molecule has 1 saturated heterocycles. The first-order valence-electron chi connectivity index (χ1n) is 7.35. The van der Waals surface area contributed by atoms with Crippen molar-refractivity contribution in [1.82, 2.24) is 9.55 Å². The third-order valence-corrected chi connectivity index (χ3v) is 6.34. The van der Waals surface area contributed by atoms with Crippen molar-refractivity contribution < 1.29 is 9.84 Å². The fourth-order valence-electron chi connectivity index (χ4n) is 2.62. The average molecular weight is 346 g/mol. The lowest BCUT2D eigenvalue weighted by Crippen LogP contribution is -2.37. The first-order chi connectivity index (χ1) is 10.5. The van der Waals surface area contributed by atoms with E-state index < -0.39 is 11.9 Å². The van der Waals surface area contributed by atoms with Crippen LogP contribution in [0, 0.1) is 6.92 Å². The van der Waals surface area contributed by atoms with Crippen molar-refractivity contribution in [2.75, 3.05) is 18.1 Å². The number of hydrogen-bond donors (Lipinski definition) is 2. The van der Waals surface area contributed by atoms with E-state index in [-0.39, 0.29) is 28.8 Å². The molecular weight excluding hydrogens is 324 g/mol. The number of nitrogens with zero attached hydrogens (tertiary/aromatic N) is 1. The zero-order valence-electron chi connectivity index (χ0n) is 12.9. The first kappa shape index (κ1) is 17.7. The fourth-order valence-corrected chi connectivity index (χ4v) is 5.27. The van der Waals surface area contributed by atoms with Gasteiger partial charge in [0.1, 0.15) is 0 Å². The number of rotatable bonds is 6. The summed E-state index contributed by atoms with van der Waals surface area (Å²) >= 11 is 3.46. The Kier molecular flexibility index (Phi) is 6.19. The maximum absolute atomic E-state index is 12.1. The predicted octanol–water partition coefficient (Wildman–Crippen LogP) is 0.978. The summed E-state index contributed by atoms with van der Waals surface area (Å²) in [6.07, 6.45) is 0.759. The summed E-state index contributed by atoms with van der Waals surface area (Å²) in [6, 6.07) is 0. The van der Waals surface area contributed by atoms with Crippen molar-refractivity contribution in [2.24, 2.45) is 0 Å². The largest absolute Gasteiger partial charge is 0.394 e. The third kappa shape index (κ3) is 3.45. The van der Waals surface area contributed by atoms with E-state index >= 15 is 0 Å². The highest BCUT2D eigenvalue weighted by molar-refractivity contribution is 8.03. The van der Waals surface area contributed by atoms with Crippen LogP contribution >= 0.6 is 23.5 Å². The summed E-state index contributed by atoms with van der Waals surface area (Å²) in [5.41, 5.74) is -0.381. The molecule has 1 fully saturated rings. The van der Waals surface area contributed by atoms with E-state index in [1.54, 1.807) is 36.6 Å². The van der Waals surface area contributed by atoms with Gasteiger partial charge in [-0.3, -0.25) is 14.3 Å². The van der Waals surface area contributed by atoms with Crippen LogP contribution in [-0.4, -0.2) is 49.4 Å². The summed E-state index contributed by atoms with van der Waals surface area (Å²) < 4.78 is 7.40. The van der Waals surface area contributed by atoms with Crippen molar-refractivity contribution >= 4 is 23.5 Å². The van der Waals surface area contributed by atoms with Crippen molar-refractivity contribution in [3.63, 3.8) is 0 Å². The number of ether oxygens (including phenoxy) is 1. The number of thioether (sulfide) groups is 2. The number of aromatic amines is 1. The van der Waals surface area contributed by atoms with E-state index in [0.29, 0.717) is 5.56 Å². The van der Waals surface area contributed by atoms with Crippen molar-refractivity contribution in [1.29, 1.82) is 0 Å². The molecule has 2 rings (SSSR count). The Hall–Kier alpha value is -0.700. The van der Waals surface area contributed by atoms with Crippen LogP contribution in [0.2, 0.25) is 0 Å². The van der Waals surface area contributed by atoms with Crippen molar-refractivity contribution in [2.45, 2.75) is 43.6 Å². The third-order valence-electron chi connectivity index (χ3n) is 3.60. The molecule has 0 aliphatic carbocycles. The van der Waals surface area contributed by atoms with E-state index in [9.17, 15) is 14.7 Å². The second kappa shape index (κ2) is 7.72. The minimum absolute atomic E-state index is 0.0510. The Morgan fingerprint density at radius 1 is 1.27 bits per heavy atom. The van der Waals surface area contributed by atoms with Gasteiger partial charge in [0.05, 0.1) is 18.0 Å². The van der Waals surface area contributed by atoms with Gasteiger partial charge in [0, 0.05) is 17.0 Å². The Bertz CT molecular complexity index is 616. The molecule has 8 heteroatoms. The molecule has 0 bridgehead atoms. The molecule has 0 radical (unpaired) electrons. The van der Waals surface area contributed by atoms with Crippen molar-refractivity contribution in [3.05, 3.63) is 32.6 Å². The van der Waals surface area contributed by atoms with Gasteiger partial charge in [0.2, 0.25) is 0 Å². The van der Waals surface area contributed by atoms with Gasteiger partial charge >= 0.3 is 5.69 Å². The second-order valence-corrected chi connectivity index (χ2v) is 7.98. The molecule has 6 nitrogen and oxygen atoms in total. The van der Waals surface area contributed by atoms with Gasteiger partial charge in [-0.25, -0.2) is 4.79 Å². The van der Waals surface area contributed by atoms with Crippen LogP contribution in [0.15, 0.2) is 15.8 Å². The van der Waals surface area contributed by atoms with Crippen LogP contribution in [-0.2, 0) is 4.74 Å². The molecule has 0 saturated carbocycles. The lowest BCUT2D eigenvalue weighted by Gasteiger charge is -2.23. The Labute approximate surface area is 137 Å². The number of aromatic nitrogens is 2. The molecule has 1 aliphatic heterocycles. The van der Waals surface area contributed by atoms with Gasteiger partial charge in [-0.2, -0.15) is 23.5 Å². The van der Waals surface area contributed by atoms with Gasteiger partial charge in [0.25, 0.3) is 5.56 Å². The van der Waals surface area contributed by atoms with Crippen LogP contribution in [0.1, 0.15) is 25.6 Å². The maximum atomic E-state index is 12.1. The fraction of sp³-hybridized carbons (Fsp3) is 0.714. The molecule has 0 amide bonds. The van der Waals surface area contributed by atoms with Gasteiger partial charge < -0.3 is 9.84 Å². The minimum Gasteiger partial charge on any atom is -0.394 e. The summed E-state index contributed by atoms with van der Waals surface area (Å²) in [4.78, 5) is 26.0. The van der Waals surface area contributed by atoms with E-state index in [1.807, 2.05) is 0 Å². The van der Waals surface area contributed by atoms with Gasteiger partial charge in [0.15, 0.2) is 6.23 Å². The topological polar surface area (TPSA) is 84.3 Å². The van der Waals surface area contributed by atoms with Crippen LogP contribution < -0.4 is 11.2 Å². The number of hydrogen-bond acceptors (Lipinski definition) is 6. The molecule has 1 aliphatic rings. The molecule has 124 valence electrons. The predicted molar refractivity (Wildman–Crippen MR) is 90.9 cm³/mol. The van der Waals surface area contributed by atoms with Gasteiger partial charge in [-0.05, 0) is 18.4 Å². The van der Waals surface area contributed by atoms with E-state index in [2.05, 4.69) is 18.8 Å². The van der Waals surface area contributed by atoms with Gasteiger partial charge in [-0.15, -0.1) is 0 Å². The minimum atomic E-state index is -0.478. The smallest absolute Gasteiger partial charge is 0.330 e. The van der Waals surface area contributed by atoms with Gasteiger partial charge in [-0.1, -0.05) is 13.8 Å². The summed E-state index contributed by atoms with van der Waals surface area (Å²) in [6.45, 7) is 5.71. The van der Waals surface area contributed by atoms with Crippen LogP contribution in [0.5, 0.6) is 0 Å². The molecule has 0 spiro atoms. The Morgan fingerprint density at radius 3 is 2.50 bits per heavy atom. The number of aryl methyl sites for hydroxylation is 1. The van der Waals surface area contributed by atoms with E-state index in [0.717, 1.165) is 11.5 Å². The number of nitrogens with one attached hydrogen (secondary N) is 1. The summed E-state index contributed by atoms with van der Waals surface area (Å²) in [7, 11) is 0. The molecule has 1 aromatic rings. The SMILES string of the molecule is CCS[C@@H]1[C@H](SCC)[C@@H](CO)O[C@H]1n1cc(C)c(=O)[nH]c1=O. The zero-order chi connectivity index (χ0) is 16.3. The second-order valence-electron chi connectivity index (χ2n) is 5.07. The molecule has 22 heavy (non-hydrogen) atoms. The lowest BCUT2D eigenvalue weighted by atomic mass is 10.2. The highest BCUT2D eigenvalue weighted by Crippen LogP contribution is 2.42. The van der Waals surface area contributed by atoms with Crippen LogP contribution in [0.3, 0.4) is 0 Å². The molecular formula is C14H22N2O4S2. The molecule has 2 heterocycles. The van der Waals surface area contributed by atoms with Crippen LogP contribution in [0.4, 0.5) is 0 Å². The normalized spacial score (nSPS) is 28.2. The van der Waals surface area contributed by atoms with Crippen LogP contribution in [0.25, 0.3) is 0 Å². The quantitative estimate of drug-likeness (QED) is 0.799. The Morgan fingerprint density at radius 2 is 1.91 bits per heavy atom. The summed E-state index contributed by atoms with van der Waals surface area (Å²) in [5.74, 6) is 1.80. The standard InChI is InChI=1S/C14H22N2O4S2/c1-4-21-10-9(7-17)20-13(11(10)22-5-2)16-6-8(3)12(18)15-14(16)19/h6,9-11,13,17H,4-5,7H2,1-3H3,(H,15,18,19)/t9-,10-,11-,13-/m1/s1. The van der Waals surface area contributed by atoms with E-state index in [1.165, 1.54) is 4.57 Å². The average Bonchev–Trinajstić information content (AvgIpc) is 2.82. The number of H-pyrrole nitrogens is 1. The highest BCUT2D eigenvalue weighted by atomic mass is 32.2. The monoisotopic (exact) mass is 346 g/mol. The molecule has 0 aromatic carbocycles. The molecule has 2 N–H and O–H groups in total. The van der Waals surface area contributed by atoms with E-state index in [4.69, 9.17) is 4.74 Å². The summed E-state index contributed by atoms with van der Waals surface area (Å²) in [5, 5.41) is 9.75. The molecule has 4 atom stereocenters. The van der Waals surface area contributed by atoms with Crippen molar-refractivity contribution in [3.8, 4) is 0 Å². The zero-order valence-corrected chi connectivity index (χ0v) is 14.6.